The van der Waals surface area contributed by atoms with Crippen LogP contribution in [0.15, 0.2) is 41.4 Å². The number of allylic oxidation sites excluding steroid dienone is 4. The van der Waals surface area contributed by atoms with Crippen LogP contribution in [0, 0.1) is 16.7 Å². The Labute approximate surface area is 82.7 Å². The van der Waals surface area contributed by atoms with Crippen LogP contribution in [0.1, 0.15) is 0 Å². The van der Waals surface area contributed by atoms with Gasteiger partial charge in [0.15, 0.2) is 5.90 Å². The van der Waals surface area contributed by atoms with E-state index in [-0.39, 0.29) is 10.8 Å². The molecule has 0 saturated heterocycles. The summed E-state index contributed by atoms with van der Waals surface area (Å²) in [4.78, 5) is 4.59. The lowest BCUT2D eigenvalue weighted by Crippen LogP contribution is -2.17. The van der Waals surface area contributed by atoms with Crippen molar-refractivity contribution in [2.24, 2.45) is 21.7 Å². The van der Waals surface area contributed by atoms with Crippen molar-refractivity contribution in [2.45, 2.75) is 6.04 Å². The van der Waals surface area contributed by atoms with Crippen LogP contribution >= 0.6 is 0 Å². The second-order valence-corrected chi connectivity index (χ2v) is 4.49. The Kier molecular flexibility index (Phi) is 0.877. The van der Waals surface area contributed by atoms with Gasteiger partial charge in [0.2, 0.25) is 0 Å². The summed E-state index contributed by atoms with van der Waals surface area (Å²) in [5.41, 5.74) is 0.451. The van der Waals surface area contributed by atoms with E-state index in [2.05, 4.69) is 41.4 Å². The number of nitrogens with zero attached hydrogens (tertiary/aromatic N) is 1. The highest BCUT2D eigenvalue weighted by Crippen LogP contribution is 2.80. The molecular formula is C12H11NO. The number of hydrogen-bond acceptors (Lipinski definition) is 2. The predicted molar refractivity (Wildman–Crippen MR) is 54.0 cm³/mol. The van der Waals surface area contributed by atoms with Crippen LogP contribution < -0.4 is 0 Å². The SMILES string of the molecule is COC1=N[C@@H]2C=C[C@]34C=CC=C[C@]23[C@H]14. The van der Waals surface area contributed by atoms with E-state index < -0.39 is 0 Å². The molecule has 14 heavy (non-hydrogen) atoms. The number of aliphatic imine (C=N–C) groups is 1. The van der Waals surface area contributed by atoms with E-state index in [1.807, 2.05) is 0 Å². The van der Waals surface area contributed by atoms with Gasteiger partial charge in [-0.2, -0.15) is 0 Å². The van der Waals surface area contributed by atoms with E-state index in [1.165, 1.54) is 0 Å². The molecule has 2 nitrogen and oxygen atoms in total. The van der Waals surface area contributed by atoms with E-state index in [9.17, 15) is 0 Å². The van der Waals surface area contributed by atoms with Crippen LogP contribution in [-0.2, 0) is 4.74 Å². The Morgan fingerprint density at radius 1 is 1.29 bits per heavy atom. The Morgan fingerprint density at radius 2 is 2.14 bits per heavy atom. The summed E-state index contributed by atoms with van der Waals surface area (Å²) < 4.78 is 5.37. The molecule has 0 aromatic heterocycles. The van der Waals surface area contributed by atoms with Crippen LogP contribution in [-0.4, -0.2) is 19.0 Å². The maximum absolute atomic E-state index is 5.37. The standard InChI is InChI=1S/C12H11NO/c1-14-10-9-11-5-2-3-6-12(9,11)8(13-10)4-7-11/h2-9H,1H3/t8-,9-,11+,12-/m1/s1. The molecule has 1 spiro atoms. The smallest absolute Gasteiger partial charge is 0.189 e. The minimum atomic E-state index is 0.222. The van der Waals surface area contributed by atoms with Crippen molar-refractivity contribution >= 4 is 5.90 Å². The quantitative estimate of drug-likeness (QED) is 0.526. The summed E-state index contributed by atoms with van der Waals surface area (Å²) >= 11 is 0. The molecule has 0 unspecified atom stereocenters. The van der Waals surface area contributed by atoms with E-state index in [0.29, 0.717) is 12.0 Å². The van der Waals surface area contributed by atoms with E-state index >= 15 is 0 Å². The lowest BCUT2D eigenvalue weighted by atomic mass is 9.89. The van der Waals surface area contributed by atoms with Crippen molar-refractivity contribution in [3.05, 3.63) is 36.5 Å². The third-order valence-electron chi connectivity index (χ3n) is 4.24. The summed E-state index contributed by atoms with van der Waals surface area (Å²) in [5, 5.41) is 0. The van der Waals surface area contributed by atoms with Gasteiger partial charge in [-0.15, -0.1) is 0 Å². The first-order valence-electron chi connectivity index (χ1n) is 5.03. The first kappa shape index (κ1) is 7.04. The maximum atomic E-state index is 5.37. The molecule has 0 bridgehead atoms. The molecule has 3 aliphatic carbocycles. The predicted octanol–water partition coefficient (Wildman–Crippen LogP) is 1.71. The van der Waals surface area contributed by atoms with Gasteiger partial charge in [0.25, 0.3) is 0 Å². The maximum Gasteiger partial charge on any atom is 0.189 e. The van der Waals surface area contributed by atoms with Crippen LogP contribution in [0.3, 0.4) is 0 Å². The second-order valence-electron chi connectivity index (χ2n) is 4.49. The molecule has 1 saturated carbocycles. The zero-order valence-corrected chi connectivity index (χ0v) is 7.97. The van der Waals surface area contributed by atoms with Gasteiger partial charge in [-0.05, 0) is 0 Å². The van der Waals surface area contributed by atoms with Gasteiger partial charge in [-0.25, -0.2) is 4.99 Å². The summed E-state index contributed by atoms with van der Waals surface area (Å²) in [6.45, 7) is 0. The van der Waals surface area contributed by atoms with Gasteiger partial charge in [0, 0.05) is 10.8 Å². The fourth-order valence-corrected chi connectivity index (χ4v) is 3.65. The largest absolute Gasteiger partial charge is 0.484 e. The van der Waals surface area contributed by atoms with Gasteiger partial charge in [-0.1, -0.05) is 36.5 Å². The van der Waals surface area contributed by atoms with Crippen LogP contribution in [0.5, 0.6) is 0 Å². The molecule has 1 heterocycles. The minimum absolute atomic E-state index is 0.222. The van der Waals surface area contributed by atoms with E-state index in [1.54, 1.807) is 7.11 Å². The minimum Gasteiger partial charge on any atom is -0.484 e. The monoisotopic (exact) mass is 185 g/mol. The summed E-state index contributed by atoms with van der Waals surface area (Å²) in [5.74, 6) is 1.42. The molecule has 0 aromatic carbocycles. The molecule has 0 aromatic rings. The topological polar surface area (TPSA) is 21.6 Å². The zero-order chi connectivity index (χ0) is 9.39. The molecule has 0 N–H and O–H groups in total. The Bertz CT molecular complexity index is 445. The van der Waals surface area contributed by atoms with E-state index in [4.69, 9.17) is 4.74 Å². The Balaban J connectivity index is 1.96. The molecule has 4 rings (SSSR count). The van der Waals surface area contributed by atoms with Crippen LogP contribution in [0.2, 0.25) is 0 Å². The molecule has 4 atom stereocenters. The van der Waals surface area contributed by atoms with Crippen molar-refractivity contribution in [1.82, 2.24) is 0 Å². The van der Waals surface area contributed by atoms with Gasteiger partial charge in [0.1, 0.15) is 0 Å². The van der Waals surface area contributed by atoms with Gasteiger partial charge >= 0.3 is 0 Å². The molecule has 70 valence electrons. The molecule has 1 aliphatic heterocycles. The third kappa shape index (κ3) is 0.423. The van der Waals surface area contributed by atoms with Crippen molar-refractivity contribution in [3.8, 4) is 0 Å². The number of rotatable bonds is 0. The average molecular weight is 185 g/mol. The Morgan fingerprint density at radius 3 is 2.93 bits per heavy atom. The molecule has 0 amide bonds. The molecule has 0 radical (unpaired) electrons. The molecule has 4 aliphatic rings. The van der Waals surface area contributed by atoms with E-state index in [0.717, 1.165) is 5.90 Å². The number of hydrogen-bond donors (Lipinski definition) is 0. The first-order valence-corrected chi connectivity index (χ1v) is 5.03. The summed E-state index contributed by atoms with van der Waals surface area (Å²) in [6, 6.07) is 0.323. The normalized spacial score (nSPS) is 54.2. The fourth-order valence-electron chi connectivity index (χ4n) is 3.65. The van der Waals surface area contributed by atoms with Gasteiger partial charge < -0.3 is 4.74 Å². The Hall–Kier alpha value is -1.31. The van der Waals surface area contributed by atoms with Gasteiger partial charge in [-0.3, -0.25) is 0 Å². The zero-order valence-electron chi connectivity index (χ0n) is 7.97. The van der Waals surface area contributed by atoms with Crippen LogP contribution in [0.25, 0.3) is 0 Å². The summed E-state index contributed by atoms with van der Waals surface area (Å²) in [6.07, 6.45) is 13.5. The highest BCUT2D eigenvalue weighted by atomic mass is 16.5. The summed E-state index contributed by atoms with van der Waals surface area (Å²) in [7, 11) is 1.73. The van der Waals surface area contributed by atoms with Crippen molar-refractivity contribution in [2.75, 3.05) is 7.11 Å². The lowest BCUT2D eigenvalue weighted by Gasteiger charge is -2.17. The third-order valence-corrected chi connectivity index (χ3v) is 4.24. The molecule has 1 fully saturated rings. The van der Waals surface area contributed by atoms with Gasteiger partial charge in [0.05, 0.1) is 19.1 Å². The molecular weight excluding hydrogens is 174 g/mol. The van der Waals surface area contributed by atoms with Crippen molar-refractivity contribution < 1.29 is 4.74 Å². The van der Waals surface area contributed by atoms with Crippen LogP contribution in [0.4, 0.5) is 0 Å². The number of ether oxygens (including phenoxy) is 1. The molecule has 2 heteroatoms. The highest BCUT2D eigenvalue weighted by Gasteiger charge is 2.83. The second kappa shape index (κ2) is 1.74. The highest BCUT2D eigenvalue weighted by molar-refractivity contribution is 5.92. The average Bonchev–Trinajstić information content (AvgIpc) is 2.59. The van der Waals surface area contributed by atoms with Crippen molar-refractivity contribution in [1.29, 1.82) is 0 Å². The fraction of sp³-hybridized carbons (Fsp3) is 0.417. The first-order chi connectivity index (χ1) is 6.85. The van der Waals surface area contributed by atoms with Crippen molar-refractivity contribution in [3.63, 3.8) is 0 Å². The lowest BCUT2D eigenvalue weighted by molar-refractivity contribution is 0.383. The number of methoxy groups -OCH3 is 1.